The van der Waals surface area contributed by atoms with Gasteiger partial charge < -0.3 is 15.1 Å². The lowest BCUT2D eigenvalue weighted by Gasteiger charge is -2.34. The minimum atomic E-state index is -0.572. The highest BCUT2D eigenvalue weighted by atomic mass is 16.2. The van der Waals surface area contributed by atoms with Gasteiger partial charge in [-0.3, -0.25) is 4.79 Å². The van der Waals surface area contributed by atoms with Crippen LogP contribution in [-0.4, -0.2) is 44.0 Å². The average Bonchev–Trinajstić information content (AvgIpc) is 2.64. The summed E-state index contributed by atoms with van der Waals surface area (Å²) in [6.07, 6.45) is 0. The van der Waals surface area contributed by atoms with Crippen LogP contribution in [0.2, 0.25) is 0 Å². The highest BCUT2D eigenvalue weighted by Gasteiger charge is 2.29. The molecule has 0 radical (unpaired) electrons. The molecular weight excluding hydrogens is 310 g/mol. The van der Waals surface area contributed by atoms with E-state index in [1.165, 1.54) is 5.69 Å². The van der Waals surface area contributed by atoms with Crippen LogP contribution in [0.5, 0.6) is 0 Å². The Morgan fingerprint density at radius 1 is 0.920 bits per heavy atom. The summed E-state index contributed by atoms with van der Waals surface area (Å²) in [5, 5.41) is 3.05. The van der Waals surface area contributed by atoms with Gasteiger partial charge in [-0.05, 0) is 50.7 Å². The molecule has 1 aliphatic rings. The quantitative estimate of drug-likeness (QED) is 0.929. The standard InChI is InChI=1S/C21H27N3O/c1-21(2,17-7-5-4-6-8-17)20(25)22-18-9-11-19(12-10-18)24-15-13-23(3)14-16-24/h4-12H,13-16H2,1-3H3,(H,22,25). The molecule has 25 heavy (non-hydrogen) atoms. The average molecular weight is 337 g/mol. The zero-order valence-electron chi connectivity index (χ0n) is 15.3. The third-order valence-corrected chi connectivity index (χ3v) is 5.06. The predicted molar refractivity (Wildman–Crippen MR) is 104 cm³/mol. The molecule has 1 amide bonds. The number of nitrogens with one attached hydrogen (secondary N) is 1. The third-order valence-electron chi connectivity index (χ3n) is 5.06. The van der Waals surface area contributed by atoms with Crippen LogP contribution in [0, 0.1) is 0 Å². The number of benzene rings is 2. The van der Waals surface area contributed by atoms with Crippen molar-refractivity contribution < 1.29 is 4.79 Å². The van der Waals surface area contributed by atoms with Gasteiger partial charge in [0.2, 0.25) is 5.91 Å². The van der Waals surface area contributed by atoms with E-state index in [0.717, 1.165) is 37.4 Å². The summed E-state index contributed by atoms with van der Waals surface area (Å²) in [5.41, 5.74) is 2.50. The van der Waals surface area contributed by atoms with E-state index in [2.05, 4.69) is 34.3 Å². The lowest BCUT2D eigenvalue weighted by molar-refractivity contribution is -0.120. The van der Waals surface area contributed by atoms with Crippen molar-refractivity contribution in [3.8, 4) is 0 Å². The van der Waals surface area contributed by atoms with Crippen LogP contribution in [0.25, 0.3) is 0 Å². The van der Waals surface area contributed by atoms with Gasteiger partial charge in [0.1, 0.15) is 0 Å². The monoisotopic (exact) mass is 337 g/mol. The molecule has 2 aromatic carbocycles. The molecular formula is C21H27N3O. The van der Waals surface area contributed by atoms with Crippen LogP contribution in [0.1, 0.15) is 19.4 Å². The largest absolute Gasteiger partial charge is 0.369 e. The SMILES string of the molecule is CN1CCN(c2ccc(NC(=O)C(C)(C)c3ccccc3)cc2)CC1. The molecule has 4 heteroatoms. The van der Waals surface area contributed by atoms with Crippen molar-refractivity contribution in [2.75, 3.05) is 43.4 Å². The van der Waals surface area contributed by atoms with Crippen LogP contribution in [0.4, 0.5) is 11.4 Å². The Labute approximate surface area is 150 Å². The maximum Gasteiger partial charge on any atom is 0.234 e. The van der Waals surface area contributed by atoms with Gasteiger partial charge in [-0.1, -0.05) is 30.3 Å². The number of nitrogens with zero attached hydrogens (tertiary/aromatic N) is 2. The lowest BCUT2D eigenvalue weighted by Crippen LogP contribution is -2.44. The molecule has 1 fully saturated rings. The van der Waals surface area contributed by atoms with Gasteiger partial charge in [0.25, 0.3) is 0 Å². The van der Waals surface area contributed by atoms with Gasteiger partial charge >= 0.3 is 0 Å². The van der Waals surface area contributed by atoms with Crippen molar-refractivity contribution in [3.05, 3.63) is 60.2 Å². The van der Waals surface area contributed by atoms with Gasteiger partial charge in [-0.25, -0.2) is 0 Å². The number of hydrogen-bond donors (Lipinski definition) is 1. The molecule has 1 N–H and O–H groups in total. The van der Waals surface area contributed by atoms with Crippen molar-refractivity contribution in [1.29, 1.82) is 0 Å². The Hall–Kier alpha value is -2.33. The van der Waals surface area contributed by atoms with E-state index in [9.17, 15) is 4.79 Å². The zero-order valence-corrected chi connectivity index (χ0v) is 15.3. The summed E-state index contributed by atoms with van der Waals surface area (Å²) in [6.45, 7) is 8.17. The maximum atomic E-state index is 12.7. The molecule has 1 heterocycles. The second-order valence-electron chi connectivity index (χ2n) is 7.28. The number of amides is 1. The summed E-state index contributed by atoms with van der Waals surface area (Å²) in [6, 6.07) is 18.1. The van der Waals surface area contributed by atoms with Gasteiger partial charge in [-0.15, -0.1) is 0 Å². The first-order chi connectivity index (χ1) is 12.0. The maximum absolute atomic E-state index is 12.7. The van der Waals surface area contributed by atoms with E-state index in [4.69, 9.17) is 0 Å². The molecule has 0 saturated carbocycles. The molecule has 1 saturated heterocycles. The van der Waals surface area contributed by atoms with Crippen LogP contribution < -0.4 is 10.2 Å². The van der Waals surface area contributed by atoms with Crippen molar-refractivity contribution in [1.82, 2.24) is 4.90 Å². The summed E-state index contributed by atoms with van der Waals surface area (Å²) in [5.74, 6) is 0.00560. The summed E-state index contributed by atoms with van der Waals surface area (Å²) in [4.78, 5) is 17.5. The van der Waals surface area contributed by atoms with E-state index < -0.39 is 5.41 Å². The van der Waals surface area contributed by atoms with E-state index in [-0.39, 0.29) is 5.91 Å². The molecule has 0 atom stereocenters. The Balaban J connectivity index is 1.66. The lowest BCUT2D eigenvalue weighted by atomic mass is 9.83. The zero-order chi connectivity index (χ0) is 17.9. The van der Waals surface area contributed by atoms with Gasteiger partial charge in [0.15, 0.2) is 0 Å². The summed E-state index contributed by atoms with van der Waals surface area (Å²) >= 11 is 0. The first kappa shape index (κ1) is 17.5. The number of anilines is 2. The normalized spacial score (nSPS) is 15.9. The topological polar surface area (TPSA) is 35.6 Å². The van der Waals surface area contributed by atoms with E-state index in [0.29, 0.717) is 0 Å². The molecule has 0 bridgehead atoms. The van der Waals surface area contributed by atoms with Crippen molar-refractivity contribution in [2.24, 2.45) is 0 Å². The van der Waals surface area contributed by atoms with E-state index in [1.807, 2.05) is 56.3 Å². The van der Waals surface area contributed by atoms with Crippen LogP contribution in [0.15, 0.2) is 54.6 Å². The molecule has 0 spiro atoms. The minimum absolute atomic E-state index is 0.00560. The molecule has 132 valence electrons. The second kappa shape index (κ2) is 7.28. The van der Waals surface area contributed by atoms with Gasteiger partial charge in [0, 0.05) is 37.6 Å². The number of likely N-dealkylation sites (N-methyl/N-ethyl adjacent to an activating group) is 1. The highest BCUT2D eigenvalue weighted by molar-refractivity contribution is 5.98. The van der Waals surface area contributed by atoms with E-state index in [1.54, 1.807) is 0 Å². The van der Waals surface area contributed by atoms with Gasteiger partial charge in [0.05, 0.1) is 5.41 Å². The van der Waals surface area contributed by atoms with Crippen LogP contribution in [-0.2, 0) is 10.2 Å². The molecule has 2 aromatic rings. The van der Waals surface area contributed by atoms with Crippen molar-refractivity contribution in [3.63, 3.8) is 0 Å². The minimum Gasteiger partial charge on any atom is -0.369 e. The number of piperazine rings is 1. The first-order valence-corrected chi connectivity index (χ1v) is 8.87. The molecule has 0 aromatic heterocycles. The second-order valence-corrected chi connectivity index (χ2v) is 7.28. The molecule has 3 rings (SSSR count). The summed E-state index contributed by atoms with van der Waals surface area (Å²) < 4.78 is 0. The van der Waals surface area contributed by atoms with E-state index >= 15 is 0 Å². The van der Waals surface area contributed by atoms with Gasteiger partial charge in [-0.2, -0.15) is 0 Å². The third kappa shape index (κ3) is 4.02. The predicted octanol–water partition coefficient (Wildman–Crippen LogP) is 3.35. The molecule has 1 aliphatic heterocycles. The number of hydrogen-bond acceptors (Lipinski definition) is 3. The Morgan fingerprint density at radius 2 is 1.52 bits per heavy atom. The molecule has 0 unspecified atom stereocenters. The van der Waals surface area contributed by atoms with Crippen molar-refractivity contribution in [2.45, 2.75) is 19.3 Å². The number of carbonyl (C=O) groups excluding carboxylic acids is 1. The Kier molecular flexibility index (Phi) is 5.09. The Bertz CT molecular complexity index is 702. The van der Waals surface area contributed by atoms with Crippen molar-refractivity contribution >= 4 is 17.3 Å². The fourth-order valence-corrected chi connectivity index (χ4v) is 3.09. The number of rotatable bonds is 4. The number of carbonyl (C=O) groups is 1. The smallest absolute Gasteiger partial charge is 0.234 e. The highest BCUT2D eigenvalue weighted by Crippen LogP contribution is 2.26. The van der Waals surface area contributed by atoms with Crippen LogP contribution in [0.3, 0.4) is 0 Å². The fraction of sp³-hybridized carbons (Fsp3) is 0.381. The molecule has 0 aliphatic carbocycles. The molecule has 4 nitrogen and oxygen atoms in total. The Morgan fingerprint density at radius 3 is 2.12 bits per heavy atom. The fourth-order valence-electron chi connectivity index (χ4n) is 3.09. The first-order valence-electron chi connectivity index (χ1n) is 8.87. The summed E-state index contributed by atoms with van der Waals surface area (Å²) in [7, 11) is 2.16. The van der Waals surface area contributed by atoms with Crippen LogP contribution >= 0.6 is 0 Å².